The van der Waals surface area contributed by atoms with Gasteiger partial charge in [-0.2, -0.15) is 0 Å². The van der Waals surface area contributed by atoms with Gasteiger partial charge in [-0.3, -0.25) is 0 Å². The predicted octanol–water partition coefficient (Wildman–Crippen LogP) is 4.20. The Morgan fingerprint density at radius 3 is 2.42 bits per heavy atom. The Bertz CT molecular complexity index is 564. The largest absolute Gasteiger partial charge is 0.369 e. The number of nitrogen functional groups attached to an aromatic ring is 1. The second-order valence-electron chi connectivity index (χ2n) is 5.87. The number of halogens is 1. The maximum atomic E-state index is 6.08. The van der Waals surface area contributed by atoms with Gasteiger partial charge in [-0.1, -0.05) is 39.3 Å². The molecule has 19 heavy (non-hydrogen) atoms. The van der Waals surface area contributed by atoms with Gasteiger partial charge in [0, 0.05) is 11.6 Å². The van der Waals surface area contributed by atoms with Crippen LogP contribution in [0.5, 0.6) is 0 Å². The SMILES string of the molecule is CC(C)C(Cn1c(N)nc2ccc(Cl)cc21)C(C)C. The van der Waals surface area contributed by atoms with Gasteiger partial charge in [0.1, 0.15) is 0 Å². The number of nitrogens with zero attached hydrogens (tertiary/aromatic N) is 2. The van der Waals surface area contributed by atoms with Crippen LogP contribution >= 0.6 is 11.6 Å². The molecule has 2 rings (SSSR count). The minimum Gasteiger partial charge on any atom is -0.369 e. The average Bonchev–Trinajstić information content (AvgIpc) is 2.60. The van der Waals surface area contributed by atoms with Crippen molar-refractivity contribution in [2.45, 2.75) is 34.2 Å². The van der Waals surface area contributed by atoms with Crippen LogP contribution in [0.25, 0.3) is 11.0 Å². The second-order valence-corrected chi connectivity index (χ2v) is 6.30. The molecule has 1 aromatic heterocycles. The van der Waals surface area contributed by atoms with Crippen LogP contribution in [-0.4, -0.2) is 9.55 Å². The fraction of sp³-hybridized carbons (Fsp3) is 0.533. The second kappa shape index (κ2) is 5.41. The van der Waals surface area contributed by atoms with Crippen LogP contribution in [-0.2, 0) is 6.54 Å². The van der Waals surface area contributed by atoms with E-state index in [0.29, 0.717) is 23.7 Å². The molecular weight excluding hydrogens is 258 g/mol. The van der Waals surface area contributed by atoms with E-state index in [1.54, 1.807) is 0 Å². The molecule has 0 saturated heterocycles. The highest BCUT2D eigenvalue weighted by atomic mass is 35.5. The van der Waals surface area contributed by atoms with Gasteiger partial charge >= 0.3 is 0 Å². The molecule has 1 heterocycles. The lowest BCUT2D eigenvalue weighted by Gasteiger charge is -2.26. The summed E-state index contributed by atoms with van der Waals surface area (Å²) in [5, 5.41) is 0.722. The topological polar surface area (TPSA) is 43.8 Å². The van der Waals surface area contributed by atoms with Crippen molar-refractivity contribution in [2.75, 3.05) is 5.73 Å². The molecular formula is C15H22ClN3. The summed E-state index contributed by atoms with van der Waals surface area (Å²) in [5.74, 6) is 2.36. The standard InChI is InChI=1S/C15H22ClN3/c1-9(2)12(10(3)4)8-19-14-7-11(16)5-6-13(14)18-15(19)17/h5-7,9-10,12H,8H2,1-4H3,(H2,17,18). The first-order chi connectivity index (χ1) is 8.90. The number of hydrogen-bond acceptors (Lipinski definition) is 2. The number of aromatic nitrogens is 2. The highest BCUT2D eigenvalue weighted by Crippen LogP contribution is 2.28. The van der Waals surface area contributed by atoms with E-state index in [0.717, 1.165) is 22.6 Å². The van der Waals surface area contributed by atoms with Crippen molar-refractivity contribution in [2.24, 2.45) is 17.8 Å². The summed E-state index contributed by atoms with van der Waals surface area (Å²) in [6.07, 6.45) is 0. The molecule has 0 fully saturated rings. The number of imidazole rings is 1. The van der Waals surface area contributed by atoms with Crippen LogP contribution in [0, 0.1) is 17.8 Å². The molecule has 0 aliphatic rings. The van der Waals surface area contributed by atoms with E-state index in [1.165, 1.54) is 0 Å². The average molecular weight is 280 g/mol. The third-order valence-electron chi connectivity index (χ3n) is 3.85. The van der Waals surface area contributed by atoms with E-state index in [4.69, 9.17) is 17.3 Å². The highest BCUT2D eigenvalue weighted by Gasteiger charge is 2.20. The van der Waals surface area contributed by atoms with Crippen molar-refractivity contribution in [3.8, 4) is 0 Å². The van der Waals surface area contributed by atoms with Gasteiger partial charge in [0.05, 0.1) is 11.0 Å². The zero-order valence-corrected chi connectivity index (χ0v) is 12.8. The number of fused-ring (bicyclic) bond motifs is 1. The molecule has 0 bridgehead atoms. The maximum absolute atomic E-state index is 6.08. The molecule has 0 unspecified atom stereocenters. The number of rotatable bonds is 4. The first-order valence-electron chi connectivity index (χ1n) is 6.81. The van der Waals surface area contributed by atoms with Gasteiger partial charge in [-0.05, 0) is 36.0 Å². The van der Waals surface area contributed by atoms with E-state index in [9.17, 15) is 0 Å². The first kappa shape index (κ1) is 14.2. The Hall–Kier alpha value is -1.22. The maximum Gasteiger partial charge on any atom is 0.201 e. The van der Waals surface area contributed by atoms with E-state index >= 15 is 0 Å². The molecule has 0 spiro atoms. The molecule has 0 saturated carbocycles. The highest BCUT2D eigenvalue weighted by molar-refractivity contribution is 6.31. The van der Waals surface area contributed by atoms with Gasteiger partial charge in [-0.15, -0.1) is 0 Å². The molecule has 0 aliphatic carbocycles. The molecule has 0 aliphatic heterocycles. The van der Waals surface area contributed by atoms with Gasteiger partial charge in [0.15, 0.2) is 0 Å². The molecule has 2 aromatic rings. The fourth-order valence-electron chi connectivity index (χ4n) is 2.71. The lowest BCUT2D eigenvalue weighted by atomic mass is 9.85. The van der Waals surface area contributed by atoms with Crippen LogP contribution in [0.4, 0.5) is 5.95 Å². The van der Waals surface area contributed by atoms with E-state index < -0.39 is 0 Å². The Morgan fingerprint density at radius 1 is 1.21 bits per heavy atom. The molecule has 104 valence electrons. The summed E-state index contributed by atoms with van der Waals surface area (Å²) < 4.78 is 2.09. The smallest absolute Gasteiger partial charge is 0.201 e. The minimum absolute atomic E-state index is 0.568. The third kappa shape index (κ3) is 2.86. The monoisotopic (exact) mass is 279 g/mol. The van der Waals surface area contributed by atoms with Crippen molar-refractivity contribution in [1.29, 1.82) is 0 Å². The lowest BCUT2D eigenvalue weighted by molar-refractivity contribution is 0.255. The Kier molecular flexibility index (Phi) is 4.04. The van der Waals surface area contributed by atoms with Crippen molar-refractivity contribution >= 4 is 28.6 Å². The summed E-state index contributed by atoms with van der Waals surface area (Å²) in [7, 11) is 0. The quantitative estimate of drug-likeness (QED) is 0.911. The molecule has 0 atom stereocenters. The van der Waals surface area contributed by atoms with E-state index in [-0.39, 0.29) is 0 Å². The third-order valence-corrected chi connectivity index (χ3v) is 4.08. The summed E-state index contributed by atoms with van der Waals surface area (Å²) in [4.78, 5) is 4.41. The van der Waals surface area contributed by atoms with Gasteiger partial charge in [-0.25, -0.2) is 4.98 Å². The minimum atomic E-state index is 0.568. The fourth-order valence-corrected chi connectivity index (χ4v) is 2.87. The molecule has 4 heteroatoms. The number of benzene rings is 1. The van der Waals surface area contributed by atoms with Crippen molar-refractivity contribution in [1.82, 2.24) is 9.55 Å². The van der Waals surface area contributed by atoms with Crippen LogP contribution in [0.2, 0.25) is 5.02 Å². The zero-order chi connectivity index (χ0) is 14.2. The van der Waals surface area contributed by atoms with Crippen molar-refractivity contribution in [3.05, 3.63) is 23.2 Å². The Morgan fingerprint density at radius 2 is 1.84 bits per heavy atom. The van der Waals surface area contributed by atoms with Crippen LogP contribution in [0.3, 0.4) is 0 Å². The number of hydrogen-bond donors (Lipinski definition) is 1. The van der Waals surface area contributed by atoms with Crippen LogP contribution in [0.1, 0.15) is 27.7 Å². The molecule has 0 amide bonds. The summed E-state index contributed by atoms with van der Waals surface area (Å²) in [6.45, 7) is 9.91. The molecule has 2 N–H and O–H groups in total. The van der Waals surface area contributed by atoms with Gasteiger partial charge in [0.25, 0.3) is 0 Å². The van der Waals surface area contributed by atoms with Crippen molar-refractivity contribution < 1.29 is 0 Å². The van der Waals surface area contributed by atoms with Crippen LogP contribution < -0.4 is 5.73 Å². The predicted molar refractivity (Wildman–Crippen MR) is 82.3 cm³/mol. The van der Waals surface area contributed by atoms with E-state index in [2.05, 4.69) is 37.2 Å². The normalized spacial score (nSPS) is 12.2. The summed E-state index contributed by atoms with van der Waals surface area (Å²) in [5.41, 5.74) is 8.00. The summed E-state index contributed by atoms with van der Waals surface area (Å²) >= 11 is 6.08. The molecule has 0 radical (unpaired) electrons. The zero-order valence-electron chi connectivity index (χ0n) is 12.0. The Labute approximate surface area is 119 Å². The van der Waals surface area contributed by atoms with Gasteiger partial charge in [0.2, 0.25) is 5.95 Å². The molecule has 1 aromatic carbocycles. The van der Waals surface area contributed by atoms with Gasteiger partial charge < -0.3 is 10.3 Å². The first-order valence-corrected chi connectivity index (χ1v) is 7.19. The summed E-state index contributed by atoms with van der Waals surface area (Å²) in [6, 6.07) is 5.71. The lowest BCUT2D eigenvalue weighted by Crippen LogP contribution is -2.22. The number of nitrogens with two attached hydrogens (primary N) is 1. The van der Waals surface area contributed by atoms with Crippen LogP contribution in [0.15, 0.2) is 18.2 Å². The van der Waals surface area contributed by atoms with E-state index in [1.807, 2.05) is 18.2 Å². The number of anilines is 1. The van der Waals surface area contributed by atoms with Crippen molar-refractivity contribution in [3.63, 3.8) is 0 Å². The Balaban J connectivity index is 2.44. The molecule has 3 nitrogen and oxygen atoms in total.